The second-order valence-electron chi connectivity index (χ2n) is 6.52. The molecular weight excluding hydrogens is 393 g/mol. The number of hydrogen-bond donors (Lipinski definition) is 0. The van der Waals surface area contributed by atoms with Crippen LogP contribution < -0.4 is 5.56 Å². The minimum atomic E-state index is -4.72. The van der Waals surface area contributed by atoms with Gasteiger partial charge in [0.2, 0.25) is 5.82 Å². The molecule has 1 aromatic carbocycles. The monoisotopic (exact) mass is 410 g/mol. The zero-order chi connectivity index (χ0) is 19.2. The molecule has 4 rings (SSSR count). The van der Waals surface area contributed by atoms with Crippen molar-refractivity contribution in [2.45, 2.75) is 43.2 Å². The minimum Gasteiger partial charge on any atom is -0.268 e. The van der Waals surface area contributed by atoms with Gasteiger partial charge in [-0.1, -0.05) is 6.42 Å². The van der Waals surface area contributed by atoms with Gasteiger partial charge in [-0.05, 0) is 61.8 Å². The van der Waals surface area contributed by atoms with E-state index in [0.29, 0.717) is 5.39 Å². The van der Waals surface area contributed by atoms with Gasteiger partial charge in [-0.3, -0.25) is 9.36 Å². The first-order valence-electron chi connectivity index (χ1n) is 8.69. The van der Waals surface area contributed by atoms with Crippen LogP contribution in [0.5, 0.6) is 0 Å². The van der Waals surface area contributed by atoms with Crippen LogP contribution in [0.2, 0.25) is 0 Å². The largest absolute Gasteiger partial charge is 0.450 e. The Morgan fingerprint density at radius 1 is 1.11 bits per heavy atom. The van der Waals surface area contributed by atoms with Crippen molar-refractivity contribution in [1.29, 1.82) is 0 Å². The normalized spacial score (nSPS) is 15.0. The van der Waals surface area contributed by atoms with Crippen LogP contribution in [0, 0.1) is 0 Å². The fraction of sp³-hybridized carbons (Fsp3) is 0.368. The molecule has 2 heterocycles. The quantitative estimate of drug-likeness (QED) is 0.416. The zero-order valence-electron chi connectivity index (χ0n) is 14.6. The summed E-state index contributed by atoms with van der Waals surface area (Å²) < 4.78 is 41.9. The third-order valence-electron chi connectivity index (χ3n) is 4.82. The van der Waals surface area contributed by atoms with E-state index in [1.54, 1.807) is 24.3 Å². The molecule has 0 unspecified atom stereocenters. The van der Waals surface area contributed by atoms with Crippen LogP contribution >= 0.6 is 23.1 Å². The smallest absolute Gasteiger partial charge is 0.268 e. The van der Waals surface area contributed by atoms with Gasteiger partial charge in [-0.2, -0.15) is 13.2 Å². The average molecular weight is 410 g/mol. The van der Waals surface area contributed by atoms with Crippen LogP contribution in [0.4, 0.5) is 13.2 Å². The Morgan fingerprint density at radius 2 is 1.81 bits per heavy atom. The van der Waals surface area contributed by atoms with Crippen LogP contribution in [0.25, 0.3) is 15.9 Å². The number of alkyl halides is 3. The number of halogens is 3. The lowest BCUT2D eigenvalue weighted by Gasteiger charge is -2.15. The van der Waals surface area contributed by atoms with Crippen LogP contribution in [0.3, 0.4) is 0 Å². The first-order chi connectivity index (χ1) is 12.9. The highest BCUT2D eigenvalue weighted by Crippen LogP contribution is 2.36. The predicted octanol–water partition coefficient (Wildman–Crippen LogP) is 5.46. The lowest BCUT2D eigenvalue weighted by Crippen LogP contribution is -2.28. The molecule has 142 valence electrons. The van der Waals surface area contributed by atoms with Crippen LogP contribution in [-0.4, -0.2) is 15.8 Å². The van der Waals surface area contributed by atoms with Crippen molar-refractivity contribution in [3.05, 3.63) is 50.9 Å². The highest BCUT2D eigenvalue weighted by molar-refractivity contribution is 7.98. The Bertz CT molecular complexity index is 1050. The van der Waals surface area contributed by atoms with Gasteiger partial charge in [-0.15, -0.1) is 23.1 Å². The zero-order valence-corrected chi connectivity index (χ0v) is 16.2. The summed E-state index contributed by atoms with van der Waals surface area (Å²) in [5.41, 5.74) is 0.463. The van der Waals surface area contributed by atoms with Gasteiger partial charge < -0.3 is 0 Å². The van der Waals surface area contributed by atoms with Gasteiger partial charge in [0.1, 0.15) is 4.83 Å². The van der Waals surface area contributed by atoms with E-state index in [2.05, 4.69) is 4.98 Å². The molecule has 0 atom stereocenters. The fourth-order valence-electron chi connectivity index (χ4n) is 3.54. The van der Waals surface area contributed by atoms with E-state index in [1.807, 2.05) is 6.26 Å². The number of nitrogens with zero attached hydrogens (tertiary/aromatic N) is 2. The Kier molecular flexibility index (Phi) is 4.80. The molecule has 3 nitrogen and oxygen atoms in total. The van der Waals surface area contributed by atoms with Crippen molar-refractivity contribution < 1.29 is 13.2 Å². The molecule has 1 aliphatic carbocycles. The summed E-state index contributed by atoms with van der Waals surface area (Å²) in [6.07, 6.45) is 1.71. The van der Waals surface area contributed by atoms with Gasteiger partial charge in [0.25, 0.3) is 5.56 Å². The van der Waals surface area contributed by atoms with Crippen molar-refractivity contribution in [1.82, 2.24) is 9.55 Å². The maximum absolute atomic E-state index is 13.7. The summed E-state index contributed by atoms with van der Waals surface area (Å²) in [4.78, 5) is 19.3. The molecule has 0 aliphatic heterocycles. The molecule has 0 N–H and O–H groups in total. The van der Waals surface area contributed by atoms with E-state index in [1.165, 1.54) is 23.1 Å². The number of rotatable bonds is 2. The number of hydrogen-bond acceptors (Lipinski definition) is 4. The summed E-state index contributed by atoms with van der Waals surface area (Å²) in [7, 11) is 0. The lowest BCUT2D eigenvalue weighted by atomic mass is 10.1. The summed E-state index contributed by atoms with van der Waals surface area (Å²) in [5, 5.41) is 0.360. The number of fused-ring (bicyclic) bond motifs is 3. The fourth-order valence-corrected chi connectivity index (χ4v) is 5.20. The van der Waals surface area contributed by atoms with E-state index < -0.39 is 17.6 Å². The average Bonchev–Trinajstić information content (AvgIpc) is 2.83. The van der Waals surface area contributed by atoms with Crippen molar-refractivity contribution in [2.24, 2.45) is 0 Å². The second kappa shape index (κ2) is 6.98. The molecule has 0 amide bonds. The van der Waals surface area contributed by atoms with Crippen molar-refractivity contribution >= 4 is 33.3 Å². The Morgan fingerprint density at radius 3 is 2.48 bits per heavy atom. The van der Waals surface area contributed by atoms with Crippen LogP contribution in [0.15, 0.2) is 34.0 Å². The molecule has 0 spiro atoms. The summed E-state index contributed by atoms with van der Waals surface area (Å²) in [5.74, 6) is -1.16. The van der Waals surface area contributed by atoms with Crippen molar-refractivity contribution in [3.63, 3.8) is 0 Å². The van der Waals surface area contributed by atoms with Crippen molar-refractivity contribution in [3.8, 4) is 5.69 Å². The maximum atomic E-state index is 13.7. The molecule has 8 heteroatoms. The van der Waals surface area contributed by atoms with E-state index in [9.17, 15) is 18.0 Å². The van der Waals surface area contributed by atoms with E-state index in [0.717, 1.165) is 52.0 Å². The van der Waals surface area contributed by atoms with E-state index in [-0.39, 0.29) is 10.5 Å². The summed E-state index contributed by atoms with van der Waals surface area (Å²) >= 11 is 2.73. The molecule has 27 heavy (non-hydrogen) atoms. The number of aryl methyl sites for hydroxylation is 2. The molecule has 2 aromatic heterocycles. The van der Waals surface area contributed by atoms with Crippen LogP contribution in [0.1, 0.15) is 35.5 Å². The van der Waals surface area contributed by atoms with E-state index >= 15 is 0 Å². The molecule has 0 bridgehead atoms. The van der Waals surface area contributed by atoms with Crippen molar-refractivity contribution in [2.75, 3.05) is 6.26 Å². The number of thioether (sulfide) groups is 1. The number of aromatic nitrogens is 2. The predicted molar refractivity (Wildman–Crippen MR) is 103 cm³/mol. The first-order valence-corrected chi connectivity index (χ1v) is 10.7. The third kappa shape index (κ3) is 3.29. The second-order valence-corrected chi connectivity index (χ2v) is 8.48. The van der Waals surface area contributed by atoms with Gasteiger partial charge in [0.05, 0.1) is 11.1 Å². The standard InChI is InChI=1S/C19H17F3N2OS2/c1-26-12-9-7-11(8-10-12)24-17(25)15-13-5-3-2-4-6-14(13)27-16(15)23-18(24)19(20,21)22/h7-10H,2-6H2,1H3. The van der Waals surface area contributed by atoms with Gasteiger partial charge in [0, 0.05) is 9.77 Å². The topological polar surface area (TPSA) is 34.9 Å². The van der Waals surface area contributed by atoms with E-state index in [4.69, 9.17) is 0 Å². The Labute approximate surface area is 162 Å². The molecule has 1 aliphatic rings. The highest BCUT2D eigenvalue weighted by atomic mass is 32.2. The molecular formula is C19H17F3N2OS2. The Balaban J connectivity index is 2.03. The minimum absolute atomic E-state index is 0.188. The molecule has 0 radical (unpaired) electrons. The molecule has 0 saturated carbocycles. The van der Waals surface area contributed by atoms with Gasteiger partial charge in [0.15, 0.2) is 0 Å². The SMILES string of the molecule is CSc1ccc(-n2c(C(F)(F)F)nc3sc4c(c3c2=O)CCCCC4)cc1. The van der Waals surface area contributed by atoms with Gasteiger partial charge in [-0.25, -0.2) is 4.98 Å². The Hall–Kier alpha value is -1.80. The summed E-state index contributed by atoms with van der Waals surface area (Å²) in [6, 6.07) is 6.51. The summed E-state index contributed by atoms with van der Waals surface area (Å²) in [6.45, 7) is 0. The molecule has 3 aromatic rings. The first kappa shape index (κ1) is 18.6. The maximum Gasteiger partial charge on any atom is 0.450 e. The number of thiophene rings is 1. The highest BCUT2D eigenvalue weighted by Gasteiger charge is 2.38. The van der Waals surface area contributed by atoms with Crippen LogP contribution in [-0.2, 0) is 19.0 Å². The number of benzene rings is 1. The molecule has 0 saturated heterocycles. The third-order valence-corrected chi connectivity index (χ3v) is 6.75. The van der Waals surface area contributed by atoms with Gasteiger partial charge >= 0.3 is 6.18 Å². The molecule has 0 fully saturated rings. The lowest BCUT2D eigenvalue weighted by molar-refractivity contribution is -0.146.